The number of hydrogen-bond donors (Lipinski definition) is 7. The first kappa shape index (κ1) is 29.5. The first-order valence-electron chi connectivity index (χ1n) is 11.0. The molecule has 0 aliphatic carbocycles. The molecule has 0 aliphatic rings. The molecule has 0 spiro atoms. The number of guanidine groups is 1. The number of hydrogen-bond acceptors (Lipinski definition) is 7. The molecule has 0 saturated heterocycles. The second kappa shape index (κ2) is 15.4. The van der Waals surface area contributed by atoms with Crippen molar-refractivity contribution in [3.63, 3.8) is 0 Å². The number of carbonyl (C=O) groups excluding carboxylic acids is 3. The lowest BCUT2D eigenvalue weighted by atomic mass is 10.1. The van der Waals surface area contributed by atoms with Crippen molar-refractivity contribution in [3.8, 4) is 0 Å². The number of nitrogens with two attached hydrogens (primary N) is 3. The summed E-state index contributed by atoms with van der Waals surface area (Å²) in [5, 5.41) is 12.0. The zero-order valence-corrected chi connectivity index (χ0v) is 20.2. The fraction of sp³-hybridized carbons (Fsp3) is 0.476. The molecule has 0 radical (unpaired) electrons. The predicted molar refractivity (Wildman–Crippen MR) is 133 cm³/mol. The highest BCUT2D eigenvalue weighted by Gasteiger charge is 2.25. The summed E-state index contributed by atoms with van der Waals surface area (Å²) in [7, 11) is -3.88. The van der Waals surface area contributed by atoms with Crippen molar-refractivity contribution in [1.29, 1.82) is 5.41 Å². The van der Waals surface area contributed by atoms with Crippen LogP contribution in [0.15, 0.2) is 35.3 Å². The van der Waals surface area contributed by atoms with Gasteiger partial charge in [0.15, 0.2) is 5.96 Å². The molecule has 0 unspecified atom stereocenters. The second-order valence-electron chi connectivity index (χ2n) is 7.81. The van der Waals surface area contributed by atoms with E-state index in [2.05, 4.69) is 20.3 Å². The van der Waals surface area contributed by atoms with E-state index in [0.717, 1.165) is 0 Å². The quantitative estimate of drug-likeness (QED) is 0.0558. The van der Waals surface area contributed by atoms with Crippen LogP contribution in [0.1, 0.15) is 37.7 Å². The summed E-state index contributed by atoms with van der Waals surface area (Å²) in [6, 6.07) is 6.51. The molecule has 1 aromatic rings. The Bertz CT molecular complexity index is 981. The third kappa shape index (κ3) is 13.7. The Labute approximate surface area is 204 Å². The van der Waals surface area contributed by atoms with Gasteiger partial charge in [-0.1, -0.05) is 30.3 Å². The van der Waals surface area contributed by atoms with Crippen molar-refractivity contribution in [2.24, 2.45) is 22.2 Å². The molecule has 35 heavy (non-hydrogen) atoms. The molecule has 1 rings (SSSR count). The zero-order valence-electron chi connectivity index (χ0n) is 19.4. The minimum absolute atomic E-state index is 0.0196. The van der Waals surface area contributed by atoms with Crippen LogP contribution in [-0.2, 0) is 30.2 Å². The molecule has 10 N–H and O–H groups in total. The number of sulfonamides is 1. The van der Waals surface area contributed by atoms with Crippen molar-refractivity contribution >= 4 is 39.9 Å². The molecular weight excluding hydrogens is 476 g/mol. The molecule has 2 atom stereocenters. The third-order valence-corrected chi connectivity index (χ3v) is 6.04. The number of amides is 2. The maximum absolute atomic E-state index is 12.7. The normalized spacial score (nSPS) is 12.7. The van der Waals surface area contributed by atoms with Gasteiger partial charge in [0.1, 0.15) is 12.3 Å². The van der Waals surface area contributed by atoms with E-state index < -0.39 is 40.5 Å². The van der Waals surface area contributed by atoms with Gasteiger partial charge >= 0.3 is 0 Å². The molecule has 0 bridgehead atoms. The lowest BCUT2D eigenvalue weighted by Crippen LogP contribution is -2.50. The molecule has 0 aliphatic heterocycles. The highest BCUT2D eigenvalue weighted by Crippen LogP contribution is 2.07. The molecular formula is C21H34N8O5S. The van der Waals surface area contributed by atoms with Gasteiger partial charge in [-0.15, -0.1) is 0 Å². The summed E-state index contributed by atoms with van der Waals surface area (Å²) < 4.78 is 27.6. The third-order valence-electron chi connectivity index (χ3n) is 4.68. The van der Waals surface area contributed by atoms with Gasteiger partial charge < -0.3 is 32.6 Å². The van der Waals surface area contributed by atoms with Gasteiger partial charge in [-0.25, -0.2) is 13.1 Å². The fourth-order valence-electron chi connectivity index (χ4n) is 3.03. The number of aldehydes is 1. The van der Waals surface area contributed by atoms with Gasteiger partial charge in [0.25, 0.3) is 0 Å². The van der Waals surface area contributed by atoms with Crippen LogP contribution < -0.4 is 32.6 Å². The summed E-state index contributed by atoms with van der Waals surface area (Å²) in [5.41, 5.74) is 16.4. The van der Waals surface area contributed by atoms with Gasteiger partial charge in [-0.2, -0.15) is 0 Å². The monoisotopic (exact) mass is 510 g/mol. The number of benzene rings is 1. The maximum Gasteiger partial charge on any atom is 0.239 e. The van der Waals surface area contributed by atoms with E-state index in [0.29, 0.717) is 31.1 Å². The number of carbonyl (C=O) groups is 3. The summed E-state index contributed by atoms with van der Waals surface area (Å²) in [5.74, 6) is -1.80. The summed E-state index contributed by atoms with van der Waals surface area (Å²) in [6.45, 7) is -0.269. The van der Waals surface area contributed by atoms with Crippen LogP contribution in [0.25, 0.3) is 0 Å². The first-order chi connectivity index (χ1) is 16.5. The van der Waals surface area contributed by atoms with Crippen LogP contribution in [0.4, 0.5) is 0 Å². The Morgan fingerprint density at radius 3 is 2.37 bits per heavy atom. The summed E-state index contributed by atoms with van der Waals surface area (Å²) >= 11 is 0. The Kier molecular flexibility index (Phi) is 13.0. The molecule has 0 aromatic heterocycles. The lowest BCUT2D eigenvalue weighted by Gasteiger charge is -2.19. The standard InChI is InChI=1S/C21H34N8O5S/c22-18(23)10-4-8-16(13-30)28-19(31)12-27-20(32)17(9-5-11-26-21(24)25)29-35(33,34)14-15-6-2-1-3-7-15/h1-3,6-7,13,16-17,29H,4-5,8-12,14H2,(H3,22,23)(H,27,32)(H,28,31)(H4,24,25,26)/t16-,17+/m0/s1. The van der Waals surface area contributed by atoms with Crippen molar-refractivity contribution in [2.75, 3.05) is 13.1 Å². The average Bonchev–Trinajstić information content (AvgIpc) is 2.78. The molecule has 14 heteroatoms. The zero-order chi connectivity index (χ0) is 26.3. The van der Waals surface area contributed by atoms with Crippen LogP contribution >= 0.6 is 0 Å². The molecule has 1 aromatic carbocycles. The van der Waals surface area contributed by atoms with Gasteiger partial charge in [0.2, 0.25) is 21.8 Å². The van der Waals surface area contributed by atoms with E-state index in [4.69, 9.17) is 22.6 Å². The Balaban J connectivity index is 2.72. The van der Waals surface area contributed by atoms with Crippen LogP contribution in [0.2, 0.25) is 0 Å². The van der Waals surface area contributed by atoms with E-state index in [1.54, 1.807) is 30.3 Å². The van der Waals surface area contributed by atoms with Crippen LogP contribution in [0.5, 0.6) is 0 Å². The Hall–Kier alpha value is -3.52. The molecule has 13 nitrogen and oxygen atoms in total. The van der Waals surface area contributed by atoms with Crippen molar-refractivity contribution < 1.29 is 22.8 Å². The smallest absolute Gasteiger partial charge is 0.239 e. The topological polar surface area (TPSA) is 236 Å². The number of amidine groups is 1. The van der Waals surface area contributed by atoms with E-state index in [9.17, 15) is 22.8 Å². The van der Waals surface area contributed by atoms with Crippen LogP contribution in [0.3, 0.4) is 0 Å². The minimum Gasteiger partial charge on any atom is -0.388 e. The molecule has 2 amide bonds. The lowest BCUT2D eigenvalue weighted by molar-refractivity contribution is -0.128. The molecule has 194 valence electrons. The molecule has 0 saturated carbocycles. The van der Waals surface area contributed by atoms with Crippen molar-refractivity contribution in [2.45, 2.75) is 49.9 Å². The maximum atomic E-state index is 12.7. The van der Waals surface area contributed by atoms with E-state index >= 15 is 0 Å². The second-order valence-corrected chi connectivity index (χ2v) is 9.56. The Morgan fingerprint density at radius 2 is 1.77 bits per heavy atom. The molecule has 0 heterocycles. The predicted octanol–water partition coefficient (Wildman–Crippen LogP) is -1.57. The largest absolute Gasteiger partial charge is 0.388 e. The first-order valence-corrected chi connectivity index (χ1v) is 12.6. The van der Waals surface area contributed by atoms with E-state index in [1.807, 2.05) is 0 Å². The van der Waals surface area contributed by atoms with Crippen LogP contribution in [0, 0.1) is 5.41 Å². The SMILES string of the molecule is N=C(N)CCC[C@@H](C=O)NC(=O)CNC(=O)[C@@H](CCCN=C(N)N)NS(=O)(=O)Cc1ccccc1. The van der Waals surface area contributed by atoms with Crippen molar-refractivity contribution in [1.82, 2.24) is 15.4 Å². The van der Waals surface area contributed by atoms with Gasteiger partial charge in [-0.05, 0) is 31.2 Å². The van der Waals surface area contributed by atoms with Gasteiger partial charge in [0.05, 0.1) is 24.2 Å². The average molecular weight is 511 g/mol. The number of aliphatic imine (C=N–C) groups is 1. The minimum atomic E-state index is -3.88. The fourth-order valence-corrected chi connectivity index (χ4v) is 4.41. The summed E-state index contributed by atoms with van der Waals surface area (Å²) in [6.07, 6.45) is 1.97. The number of nitrogens with zero attached hydrogens (tertiary/aromatic N) is 1. The van der Waals surface area contributed by atoms with Crippen molar-refractivity contribution in [3.05, 3.63) is 35.9 Å². The number of rotatable bonds is 17. The highest BCUT2D eigenvalue weighted by atomic mass is 32.2. The summed E-state index contributed by atoms with van der Waals surface area (Å²) in [4.78, 5) is 39.8. The molecule has 0 fully saturated rings. The number of nitrogens with one attached hydrogen (secondary N) is 4. The Morgan fingerprint density at radius 1 is 1.09 bits per heavy atom. The highest BCUT2D eigenvalue weighted by molar-refractivity contribution is 7.88. The van der Waals surface area contributed by atoms with Gasteiger partial charge in [-0.3, -0.25) is 20.0 Å². The van der Waals surface area contributed by atoms with E-state index in [-0.39, 0.29) is 36.9 Å². The van der Waals surface area contributed by atoms with E-state index in [1.165, 1.54) is 0 Å². The van der Waals surface area contributed by atoms with Crippen LogP contribution in [-0.4, -0.2) is 63.5 Å². The van der Waals surface area contributed by atoms with Gasteiger partial charge in [0, 0.05) is 13.0 Å².